The second-order valence-corrected chi connectivity index (χ2v) is 6.39. The van der Waals surface area contributed by atoms with Crippen molar-refractivity contribution >= 4 is 11.9 Å². The molecule has 148 valence electrons. The summed E-state index contributed by atoms with van der Waals surface area (Å²) in [4.78, 5) is 27.8. The predicted molar refractivity (Wildman–Crippen MR) is 109 cm³/mol. The number of rotatable bonds is 8. The Kier molecular flexibility index (Phi) is 6.78. The molecule has 7 nitrogen and oxygen atoms in total. The Hall–Kier alpha value is -3.87. The van der Waals surface area contributed by atoms with Crippen molar-refractivity contribution in [2.24, 2.45) is 5.73 Å². The van der Waals surface area contributed by atoms with E-state index >= 15 is 0 Å². The van der Waals surface area contributed by atoms with Gasteiger partial charge in [-0.25, -0.2) is 4.79 Å². The number of nitrogens with zero attached hydrogens (tertiary/aromatic N) is 1. The normalized spacial score (nSPS) is 11.3. The van der Waals surface area contributed by atoms with Crippen LogP contribution in [0.15, 0.2) is 79.1 Å². The maximum Gasteiger partial charge on any atom is 0.312 e. The van der Waals surface area contributed by atoms with Crippen molar-refractivity contribution in [1.82, 2.24) is 15.6 Å². The molecule has 3 amide bonds. The second-order valence-electron chi connectivity index (χ2n) is 6.39. The first kappa shape index (κ1) is 19.9. The minimum atomic E-state index is -0.702. The van der Waals surface area contributed by atoms with Crippen LogP contribution in [0.1, 0.15) is 23.6 Å². The molecule has 0 radical (unpaired) electrons. The van der Waals surface area contributed by atoms with Gasteiger partial charge in [-0.1, -0.05) is 30.3 Å². The van der Waals surface area contributed by atoms with E-state index in [0.717, 1.165) is 11.1 Å². The third-order valence-corrected chi connectivity index (χ3v) is 4.18. The maximum absolute atomic E-state index is 12.4. The van der Waals surface area contributed by atoms with Crippen molar-refractivity contribution in [3.05, 3.63) is 90.3 Å². The highest BCUT2D eigenvalue weighted by Gasteiger charge is 2.18. The number of carbonyl (C=O) groups excluding carboxylic acids is 2. The van der Waals surface area contributed by atoms with Crippen LogP contribution in [0.25, 0.3) is 0 Å². The Bertz CT molecular complexity index is 949. The lowest BCUT2D eigenvalue weighted by Crippen LogP contribution is -2.36. The fourth-order valence-corrected chi connectivity index (χ4v) is 2.80. The number of carbonyl (C=O) groups is 2. The monoisotopic (exact) mass is 390 g/mol. The summed E-state index contributed by atoms with van der Waals surface area (Å²) in [7, 11) is 0. The van der Waals surface area contributed by atoms with Gasteiger partial charge in [-0.15, -0.1) is 0 Å². The summed E-state index contributed by atoms with van der Waals surface area (Å²) in [6.45, 7) is 0.377. The second kappa shape index (κ2) is 9.89. The summed E-state index contributed by atoms with van der Waals surface area (Å²) >= 11 is 0. The van der Waals surface area contributed by atoms with Gasteiger partial charge >= 0.3 is 6.03 Å². The topological polar surface area (TPSA) is 106 Å². The van der Waals surface area contributed by atoms with Crippen LogP contribution in [0.2, 0.25) is 0 Å². The average Bonchev–Trinajstić information content (AvgIpc) is 2.73. The van der Waals surface area contributed by atoms with Gasteiger partial charge in [0.05, 0.1) is 12.5 Å². The van der Waals surface area contributed by atoms with E-state index in [0.29, 0.717) is 18.0 Å². The predicted octanol–water partition coefficient (Wildman–Crippen LogP) is 3.29. The Labute approximate surface area is 168 Å². The minimum absolute atomic E-state index is 0.0445. The van der Waals surface area contributed by atoms with Crippen LogP contribution in [0.4, 0.5) is 4.79 Å². The average molecular weight is 390 g/mol. The molecule has 0 aliphatic rings. The number of pyridine rings is 1. The molecule has 3 rings (SSSR count). The first-order valence-corrected chi connectivity index (χ1v) is 9.14. The standard InChI is InChI=1S/C22H22N4O3/c23-22(28)26-20(14-21(27)25-15-16-9-11-24-12-10-16)17-5-4-8-19(13-17)29-18-6-2-1-3-7-18/h1-13,20H,14-15H2,(H,25,27)(H3,23,26,28)/t20-/m1/s1. The maximum atomic E-state index is 12.4. The number of benzene rings is 2. The highest BCUT2D eigenvalue weighted by molar-refractivity contribution is 5.78. The Morgan fingerprint density at radius 3 is 2.41 bits per heavy atom. The molecule has 1 atom stereocenters. The lowest BCUT2D eigenvalue weighted by Gasteiger charge is -2.19. The Morgan fingerprint density at radius 2 is 1.69 bits per heavy atom. The van der Waals surface area contributed by atoms with E-state index in [-0.39, 0.29) is 12.3 Å². The summed E-state index contributed by atoms with van der Waals surface area (Å²) in [6, 6.07) is 18.9. The molecule has 0 aliphatic carbocycles. The van der Waals surface area contributed by atoms with Gasteiger partial charge in [0.15, 0.2) is 0 Å². The van der Waals surface area contributed by atoms with Crippen LogP contribution < -0.4 is 21.1 Å². The number of nitrogens with one attached hydrogen (secondary N) is 2. The lowest BCUT2D eigenvalue weighted by molar-refractivity contribution is -0.121. The van der Waals surface area contributed by atoms with Crippen LogP contribution in [0, 0.1) is 0 Å². The summed E-state index contributed by atoms with van der Waals surface area (Å²) in [5, 5.41) is 5.47. The van der Waals surface area contributed by atoms with Crippen LogP contribution in [0.5, 0.6) is 11.5 Å². The van der Waals surface area contributed by atoms with E-state index in [4.69, 9.17) is 10.5 Å². The molecule has 4 N–H and O–H groups in total. The van der Waals surface area contributed by atoms with E-state index in [1.807, 2.05) is 48.5 Å². The number of urea groups is 1. The SMILES string of the molecule is NC(=O)N[C@H](CC(=O)NCc1ccncc1)c1cccc(Oc2ccccc2)c1. The van der Waals surface area contributed by atoms with Crippen molar-refractivity contribution in [2.45, 2.75) is 19.0 Å². The molecule has 1 heterocycles. The molecule has 2 aromatic carbocycles. The van der Waals surface area contributed by atoms with Crippen LogP contribution in [-0.4, -0.2) is 16.9 Å². The minimum Gasteiger partial charge on any atom is -0.457 e. The number of para-hydroxylation sites is 1. The number of aromatic nitrogens is 1. The third kappa shape index (κ3) is 6.35. The zero-order chi connectivity index (χ0) is 20.5. The highest BCUT2D eigenvalue weighted by Crippen LogP contribution is 2.26. The third-order valence-electron chi connectivity index (χ3n) is 4.18. The van der Waals surface area contributed by atoms with E-state index in [9.17, 15) is 9.59 Å². The Balaban J connectivity index is 1.68. The molecule has 3 aromatic rings. The van der Waals surface area contributed by atoms with E-state index in [1.54, 1.807) is 30.6 Å². The number of ether oxygens (including phenoxy) is 1. The molecule has 0 saturated heterocycles. The summed E-state index contributed by atoms with van der Waals surface area (Å²) in [6.07, 6.45) is 3.37. The molecule has 0 aliphatic heterocycles. The number of amides is 3. The summed E-state index contributed by atoms with van der Waals surface area (Å²) < 4.78 is 5.83. The van der Waals surface area contributed by atoms with Gasteiger partial charge < -0.3 is 21.1 Å². The molecule has 0 saturated carbocycles. The zero-order valence-corrected chi connectivity index (χ0v) is 15.7. The summed E-state index contributed by atoms with van der Waals surface area (Å²) in [5.74, 6) is 1.08. The van der Waals surface area contributed by atoms with E-state index in [2.05, 4.69) is 15.6 Å². The van der Waals surface area contributed by atoms with Crippen LogP contribution in [0.3, 0.4) is 0 Å². The summed E-state index contributed by atoms with van der Waals surface area (Å²) in [5.41, 5.74) is 6.97. The lowest BCUT2D eigenvalue weighted by atomic mass is 10.0. The van der Waals surface area contributed by atoms with Gasteiger partial charge in [0.2, 0.25) is 5.91 Å². The smallest absolute Gasteiger partial charge is 0.312 e. The van der Waals surface area contributed by atoms with E-state index < -0.39 is 12.1 Å². The zero-order valence-electron chi connectivity index (χ0n) is 15.7. The first-order chi connectivity index (χ1) is 14.1. The van der Waals surface area contributed by atoms with Crippen molar-refractivity contribution in [2.75, 3.05) is 0 Å². The molecule has 0 unspecified atom stereocenters. The van der Waals surface area contributed by atoms with Gasteiger partial charge in [-0.3, -0.25) is 9.78 Å². The van der Waals surface area contributed by atoms with Gasteiger partial charge in [0, 0.05) is 18.9 Å². The van der Waals surface area contributed by atoms with Gasteiger partial charge in [-0.05, 0) is 47.5 Å². The quantitative estimate of drug-likeness (QED) is 0.549. The molecule has 0 spiro atoms. The number of hydrogen-bond donors (Lipinski definition) is 3. The van der Waals surface area contributed by atoms with Crippen molar-refractivity contribution < 1.29 is 14.3 Å². The van der Waals surface area contributed by atoms with Crippen molar-refractivity contribution in [3.63, 3.8) is 0 Å². The van der Waals surface area contributed by atoms with Gasteiger partial charge in [0.25, 0.3) is 0 Å². The molecular weight excluding hydrogens is 368 g/mol. The van der Waals surface area contributed by atoms with Crippen molar-refractivity contribution in [1.29, 1.82) is 0 Å². The number of primary amides is 1. The molecule has 0 fully saturated rings. The first-order valence-electron chi connectivity index (χ1n) is 9.14. The van der Waals surface area contributed by atoms with Gasteiger partial charge in [0.1, 0.15) is 11.5 Å². The molecular formula is C22H22N4O3. The molecule has 7 heteroatoms. The number of nitrogens with two attached hydrogens (primary N) is 1. The van der Waals surface area contributed by atoms with Gasteiger partial charge in [-0.2, -0.15) is 0 Å². The molecule has 29 heavy (non-hydrogen) atoms. The largest absolute Gasteiger partial charge is 0.457 e. The van der Waals surface area contributed by atoms with Crippen LogP contribution in [-0.2, 0) is 11.3 Å². The highest BCUT2D eigenvalue weighted by atomic mass is 16.5. The fraction of sp³-hybridized carbons (Fsp3) is 0.136. The van der Waals surface area contributed by atoms with Crippen molar-refractivity contribution in [3.8, 4) is 11.5 Å². The number of hydrogen-bond acceptors (Lipinski definition) is 4. The molecule has 0 bridgehead atoms. The Morgan fingerprint density at radius 1 is 0.966 bits per heavy atom. The fourth-order valence-electron chi connectivity index (χ4n) is 2.80. The van der Waals surface area contributed by atoms with Crippen LogP contribution >= 0.6 is 0 Å². The molecule has 1 aromatic heterocycles. The van der Waals surface area contributed by atoms with E-state index in [1.165, 1.54) is 0 Å².